The molecule has 0 spiro atoms. The van der Waals surface area contributed by atoms with Crippen LogP contribution in [0.3, 0.4) is 0 Å². The number of thiophene rings is 1. The first kappa shape index (κ1) is 25.1. The van der Waals surface area contributed by atoms with E-state index in [0.29, 0.717) is 16.1 Å². The standard InChI is InChI=1S/C26H29N3O4S2/c1-27-25(31)23-21-11-7-4-8-12-22(21)34-26(23)28-24(30)19-13-15-20(16-14-19)35(32,33)29(2)17-18-9-5-3-6-10-18/h3,5-6,9-10,13-16H,4,7-8,11-12,17H2,1-2H3,(H,27,31)(H,28,30). The van der Waals surface area contributed by atoms with Gasteiger partial charge in [0.15, 0.2) is 0 Å². The van der Waals surface area contributed by atoms with Gasteiger partial charge in [-0.05, 0) is 61.1 Å². The van der Waals surface area contributed by atoms with Crippen LogP contribution in [-0.4, -0.2) is 38.6 Å². The Bertz CT molecular complexity index is 1320. The SMILES string of the molecule is CNC(=O)c1c(NC(=O)c2ccc(S(=O)(=O)N(C)Cc3ccccc3)cc2)sc2c1CCCCC2. The summed E-state index contributed by atoms with van der Waals surface area (Å²) in [5, 5.41) is 6.12. The van der Waals surface area contributed by atoms with Crippen molar-refractivity contribution in [3.8, 4) is 0 Å². The number of hydrogen-bond acceptors (Lipinski definition) is 5. The molecule has 0 unspecified atom stereocenters. The molecule has 4 rings (SSSR count). The number of carbonyl (C=O) groups is 2. The van der Waals surface area contributed by atoms with Gasteiger partial charge in [0.05, 0.1) is 10.5 Å². The summed E-state index contributed by atoms with van der Waals surface area (Å²) in [6, 6.07) is 15.2. The molecule has 1 aromatic heterocycles. The van der Waals surface area contributed by atoms with E-state index in [1.54, 1.807) is 7.05 Å². The minimum atomic E-state index is -3.71. The van der Waals surface area contributed by atoms with Crippen LogP contribution in [0.15, 0.2) is 59.5 Å². The first-order chi connectivity index (χ1) is 16.8. The van der Waals surface area contributed by atoms with E-state index in [-0.39, 0.29) is 23.3 Å². The number of carbonyl (C=O) groups excluding carboxylic acids is 2. The number of rotatable bonds is 7. The van der Waals surface area contributed by atoms with Crippen molar-refractivity contribution in [1.29, 1.82) is 0 Å². The number of amides is 2. The van der Waals surface area contributed by atoms with Crippen molar-refractivity contribution in [3.63, 3.8) is 0 Å². The van der Waals surface area contributed by atoms with Gasteiger partial charge in [0, 0.05) is 31.1 Å². The lowest BCUT2D eigenvalue weighted by molar-refractivity contribution is 0.0963. The van der Waals surface area contributed by atoms with Crippen molar-refractivity contribution in [2.24, 2.45) is 0 Å². The zero-order chi connectivity index (χ0) is 25.0. The smallest absolute Gasteiger partial charge is 0.256 e. The molecule has 0 atom stereocenters. The molecular weight excluding hydrogens is 482 g/mol. The Morgan fingerprint density at radius 1 is 0.943 bits per heavy atom. The summed E-state index contributed by atoms with van der Waals surface area (Å²) in [6.07, 6.45) is 4.96. The van der Waals surface area contributed by atoms with Gasteiger partial charge in [0.25, 0.3) is 11.8 Å². The second kappa shape index (κ2) is 10.7. The molecule has 0 saturated heterocycles. The lowest BCUT2D eigenvalue weighted by Crippen LogP contribution is -2.26. The summed E-state index contributed by atoms with van der Waals surface area (Å²) >= 11 is 1.46. The third-order valence-electron chi connectivity index (χ3n) is 6.18. The molecule has 0 saturated carbocycles. The van der Waals surface area contributed by atoms with E-state index >= 15 is 0 Å². The highest BCUT2D eigenvalue weighted by Crippen LogP contribution is 2.37. The zero-order valence-corrected chi connectivity index (χ0v) is 21.5. The number of nitrogens with zero attached hydrogens (tertiary/aromatic N) is 1. The molecule has 3 aromatic rings. The summed E-state index contributed by atoms with van der Waals surface area (Å²) < 4.78 is 27.3. The molecule has 7 nitrogen and oxygen atoms in total. The Hall–Kier alpha value is -3.01. The summed E-state index contributed by atoms with van der Waals surface area (Å²) in [5.41, 5.74) is 2.78. The fourth-order valence-electron chi connectivity index (χ4n) is 4.25. The number of benzene rings is 2. The van der Waals surface area contributed by atoms with Gasteiger partial charge in [-0.2, -0.15) is 4.31 Å². The van der Waals surface area contributed by atoms with Crippen molar-refractivity contribution >= 4 is 38.2 Å². The molecule has 2 amide bonds. The molecule has 9 heteroatoms. The van der Waals surface area contributed by atoms with Gasteiger partial charge in [0.1, 0.15) is 5.00 Å². The molecule has 0 bridgehead atoms. The maximum atomic E-state index is 13.0. The van der Waals surface area contributed by atoms with Crippen LogP contribution >= 0.6 is 11.3 Å². The van der Waals surface area contributed by atoms with Crippen LogP contribution in [0.4, 0.5) is 5.00 Å². The van der Waals surface area contributed by atoms with Crippen LogP contribution in [0.2, 0.25) is 0 Å². The first-order valence-corrected chi connectivity index (χ1v) is 13.8. The van der Waals surface area contributed by atoms with Crippen LogP contribution in [0.1, 0.15) is 56.0 Å². The molecule has 2 N–H and O–H groups in total. The van der Waals surface area contributed by atoms with Gasteiger partial charge in [0.2, 0.25) is 10.0 Å². The molecule has 184 valence electrons. The Labute approximate surface area is 210 Å². The number of fused-ring (bicyclic) bond motifs is 1. The van der Waals surface area contributed by atoms with Crippen LogP contribution in [0.25, 0.3) is 0 Å². The van der Waals surface area contributed by atoms with Gasteiger partial charge in [-0.15, -0.1) is 11.3 Å². The third kappa shape index (κ3) is 5.47. The molecule has 1 aliphatic rings. The van der Waals surface area contributed by atoms with Gasteiger partial charge >= 0.3 is 0 Å². The monoisotopic (exact) mass is 511 g/mol. The van der Waals surface area contributed by atoms with Crippen LogP contribution < -0.4 is 10.6 Å². The predicted molar refractivity (Wildman–Crippen MR) is 138 cm³/mol. The predicted octanol–water partition coefficient (Wildman–Crippen LogP) is 4.45. The molecule has 0 radical (unpaired) electrons. The number of sulfonamides is 1. The van der Waals surface area contributed by atoms with Crippen molar-refractivity contribution in [3.05, 3.63) is 81.7 Å². The Balaban J connectivity index is 1.52. The second-order valence-electron chi connectivity index (χ2n) is 8.57. The molecule has 0 aliphatic heterocycles. The summed E-state index contributed by atoms with van der Waals surface area (Å²) in [6.45, 7) is 0.247. The number of nitrogens with one attached hydrogen (secondary N) is 2. The average molecular weight is 512 g/mol. The third-order valence-corrected chi connectivity index (χ3v) is 9.20. The fourth-order valence-corrected chi connectivity index (χ4v) is 6.70. The molecule has 1 heterocycles. The molecular formula is C26H29N3O4S2. The Kier molecular flexibility index (Phi) is 7.69. The first-order valence-electron chi connectivity index (χ1n) is 11.6. The number of aryl methyl sites for hydroxylation is 1. The van der Waals surface area contributed by atoms with Crippen molar-refractivity contribution < 1.29 is 18.0 Å². The largest absolute Gasteiger partial charge is 0.355 e. The van der Waals surface area contributed by atoms with E-state index < -0.39 is 10.0 Å². The molecule has 2 aromatic carbocycles. The Morgan fingerprint density at radius 3 is 2.31 bits per heavy atom. The van der Waals surface area contributed by atoms with Gasteiger partial charge in [-0.1, -0.05) is 36.8 Å². The van der Waals surface area contributed by atoms with Crippen molar-refractivity contribution in [2.45, 2.75) is 43.5 Å². The quantitative estimate of drug-likeness (QED) is 0.458. The van der Waals surface area contributed by atoms with Gasteiger partial charge in [-0.3, -0.25) is 9.59 Å². The number of anilines is 1. The zero-order valence-electron chi connectivity index (χ0n) is 19.8. The maximum Gasteiger partial charge on any atom is 0.256 e. The maximum absolute atomic E-state index is 13.0. The fraction of sp³-hybridized carbons (Fsp3) is 0.308. The minimum Gasteiger partial charge on any atom is -0.355 e. The second-order valence-corrected chi connectivity index (χ2v) is 11.7. The molecule has 35 heavy (non-hydrogen) atoms. The molecule has 0 fully saturated rings. The minimum absolute atomic E-state index is 0.112. The highest BCUT2D eigenvalue weighted by molar-refractivity contribution is 7.89. The van der Waals surface area contributed by atoms with Crippen molar-refractivity contribution in [1.82, 2.24) is 9.62 Å². The van der Waals surface area contributed by atoms with Gasteiger partial charge in [-0.25, -0.2) is 8.42 Å². The summed E-state index contributed by atoms with van der Waals surface area (Å²) in [7, 11) is -0.597. The normalized spacial score (nSPS) is 13.7. The number of hydrogen-bond donors (Lipinski definition) is 2. The van der Waals surface area contributed by atoms with Crippen LogP contribution in [0, 0.1) is 0 Å². The summed E-state index contributed by atoms with van der Waals surface area (Å²) in [4.78, 5) is 26.9. The lowest BCUT2D eigenvalue weighted by atomic mass is 10.0. The highest BCUT2D eigenvalue weighted by atomic mass is 32.2. The van der Waals surface area contributed by atoms with E-state index in [1.165, 1.54) is 47.0 Å². The van der Waals surface area contributed by atoms with E-state index in [4.69, 9.17) is 0 Å². The van der Waals surface area contributed by atoms with Gasteiger partial charge < -0.3 is 10.6 Å². The lowest BCUT2D eigenvalue weighted by Gasteiger charge is -2.17. The van der Waals surface area contributed by atoms with Crippen LogP contribution in [0.5, 0.6) is 0 Å². The van der Waals surface area contributed by atoms with E-state index in [0.717, 1.165) is 48.1 Å². The average Bonchev–Trinajstić information content (AvgIpc) is 3.04. The topological polar surface area (TPSA) is 95.6 Å². The highest BCUT2D eigenvalue weighted by Gasteiger charge is 2.26. The van der Waals surface area contributed by atoms with E-state index in [1.807, 2.05) is 30.3 Å². The Morgan fingerprint density at radius 2 is 1.63 bits per heavy atom. The van der Waals surface area contributed by atoms with E-state index in [9.17, 15) is 18.0 Å². The summed E-state index contributed by atoms with van der Waals surface area (Å²) in [5.74, 6) is -0.587. The van der Waals surface area contributed by atoms with E-state index in [2.05, 4.69) is 10.6 Å². The van der Waals surface area contributed by atoms with Crippen LogP contribution in [-0.2, 0) is 29.4 Å². The van der Waals surface area contributed by atoms with Crippen molar-refractivity contribution in [2.75, 3.05) is 19.4 Å². The molecule has 1 aliphatic carbocycles.